The van der Waals surface area contributed by atoms with Gasteiger partial charge in [-0.1, -0.05) is 55.8 Å². The van der Waals surface area contributed by atoms with Crippen LogP contribution in [0.25, 0.3) is 0 Å². The van der Waals surface area contributed by atoms with Crippen LogP contribution in [0.1, 0.15) is 64.7 Å². The molecule has 0 spiro atoms. The Bertz CT molecular complexity index is 533. The summed E-state index contributed by atoms with van der Waals surface area (Å²) in [4.78, 5) is 22.4. The number of allylic oxidation sites excluding steroid dienone is 4. The van der Waals surface area contributed by atoms with E-state index < -0.39 is 0 Å². The minimum atomic E-state index is -0.282. The van der Waals surface area contributed by atoms with Gasteiger partial charge in [0.15, 0.2) is 5.78 Å². The van der Waals surface area contributed by atoms with Crippen LogP contribution in [0.2, 0.25) is 0 Å². The summed E-state index contributed by atoms with van der Waals surface area (Å²) in [6.45, 7) is 2.18. The number of carbonyl (C=O) groups excluding carboxylic acids is 2. The lowest BCUT2D eigenvalue weighted by atomic mass is 10.1. The number of ether oxygens (including phenoxy) is 1. The Hall–Kier alpha value is -2.26. The highest BCUT2D eigenvalue weighted by molar-refractivity contribution is 5.90. The maximum absolute atomic E-state index is 11.5. The van der Waals surface area contributed by atoms with Gasteiger partial charge in [-0.3, -0.25) is 9.59 Å². The van der Waals surface area contributed by atoms with Crippen molar-refractivity contribution in [3.05, 3.63) is 24.3 Å². The van der Waals surface area contributed by atoms with Gasteiger partial charge in [-0.15, -0.1) is 5.92 Å². The monoisotopic (exact) mass is 328 g/mol. The summed E-state index contributed by atoms with van der Waals surface area (Å²) in [5, 5.41) is 0. The average Bonchev–Trinajstić information content (AvgIpc) is 2.58. The number of hydrogen-bond acceptors (Lipinski definition) is 3. The molecule has 24 heavy (non-hydrogen) atoms. The molecule has 0 aliphatic rings. The largest absolute Gasteiger partial charge is 0.469 e. The molecule has 0 aromatic rings. The quantitative estimate of drug-likeness (QED) is 0.196. The van der Waals surface area contributed by atoms with Crippen molar-refractivity contribution in [2.24, 2.45) is 0 Å². The first-order chi connectivity index (χ1) is 11.7. The van der Waals surface area contributed by atoms with E-state index in [1.165, 1.54) is 32.4 Å². The first kappa shape index (κ1) is 21.7. The van der Waals surface area contributed by atoms with Gasteiger partial charge in [-0.05, 0) is 18.9 Å². The first-order valence-electron chi connectivity index (χ1n) is 8.55. The van der Waals surface area contributed by atoms with Gasteiger partial charge in [-0.25, -0.2) is 0 Å². The Kier molecular flexibility index (Phi) is 15.5. The Labute approximate surface area is 146 Å². The van der Waals surface area contributed by atoms with E-state index in [2.05, 4.69) is 35.3 Å². The van der Waals surface area contributed by atoms with Gasteiger partial charge in [0.2, 0.25) is 0 Å². The van der Waals surface area contributed by atoms with Crippen LogP contribution in [-0.2, 0) is 14.3 Å². The number of esters is 1. The zero-order valence-corrected chi connectivity index (χ0v) is 14.9. The van der Waals surface area contributed by atoms with Crippen molar-refractivity contribution in [3.63, 3.8) is 0 Å². The summed E-state index contributed by atoms with van der Waals surface area (Å²) in [6.07, 6.45) is 14.0. The van der Waals surface area contributed by atoms with Crippen LogP contribution in [0.5, 0.6) is 0 Å². The molecule has 0 fully saturated rings. The molecule has 0 bridgehead atoms. The summed E-state index contributed by atoms with van der Waals surface area (Å²) in [5.74, 6) is 11.9. The Morgan fingerprint density at radius 2 is 1.75 bits per heavy atom. The molecule has 0 rings (SSSR count). The number of methoxy groups -OCH3 is 1. The normalized spacial score (nSPS) is 10.1. The van der Waals surface area contributed by atoms with Crippen molar-refractivity contribution in [1.29, 1.82) is 0 Å². The average molecular weight is 328 g/mol. The fraction of sp³-hybridized carbons (Fsp3) is 0.524. The Morgan fingerprint density at radius 3 is 2.50 bits per heavy atom. The molecule has 0 heterocycles. The van der Waals surface area contributed by atoms with Gasteiger partial charge < -0.3 is 4.74 Å². The van der Waals surface area contributed by atoms with Crippen molar-refractivity contribution >= 4 is 11.8 Å². The number of ketones is 1. The highest BCUT2D eigenvalue weighted by atomic mass is 16.5. The molecule has 0 aliphatic carbocycles. The lowest BCUT2D eigenvalue weighted by Gasteiger charge is -1.96. The molecule has 3 nitrogen and oxygen atoms in total. The van der Waals surface area contributed by atoms with Gasteiger partial charge in [-0.2, -0.15) is 0 Å². The summed E-state index contributed by atoms with van der Waals surface area (Å²) >= 11 is 0. The summed E-state index contributed by atoms with van der Waals surface area (Å²) < 4.78 is 4.51. The maximum atomic E-state index is 11.5. The minimum absolute atomic E-state index is 0.00739. The second kappa shape index (κ2) is 17.1. The molecule has 0 atom stereocenters. The molecule has 0 aromatic carbocycles. The summed E-state index contributed by atoms with van der Waals surface area (Å²) in [7, 11) is 1.35. The van der Waals surface area contributed by atoms with Crippen LogP contribution < -0.4 is 0 Å². The zero-order valence-electron chi connectivity index (χ0n) is 14.9. The minimum Gasteiger partial charge on any atom is -0.469 e. The van der Waals surface area contributed by atoms with Gasteiger partial charge >= 0.3 is 5.97 Å². The first-order valence-corrected chi connectivity index (χ1v) is 8.55. The molecular formula is C21H28O3. The van der Waals surface area contributed by atoms with Crippen LogP contribution in [0.4, 0.5) is 0 Å². The van der Waals surface area contributed by atoms with Crippen LogP contribution in [0, 0.1) is 23.7 Å². The van der Waals surface area contributed by atoms with E-state index in [1.54, 1.807) is 6.08 Å². The van der Waals surface area contributed by atoms with E-state index in [0.717, 1.165) is 6.42 Å². The number of unbranched alkanes of at least 4 members (excludes halogenated alkanes) is 3. The Balaban J connectivity index is 3.72. The second-order valence-electron chi connectivity index (χ2n) is 5.23. The molecule has 0 radical (unpaired) electrons. The smallest absolute Gasteiger partial charge is 0.305 e. The van der Waals surface area contributed by atoms with Crippen molar-refractivity contribution in [1.82, 2.24) is 0 Å². The van der Waals surface area contributed by atoms with E-state index in [4.69, 9.17) is 0 Å². The molecule has 3 heteroatoms. The van der Waals surface area contributed by atoms with Crippen LogP contribution in [0.15, 0.2) is 24.3 Å². The number of carbonyl (C=O) groups is 2. The van der Waals surface area contributed by atoms with E-state index in [1.807, 2.05) is 12.2 Å². The molecule has 0 saturated carbocycles. The molecule has 0 unspecified atom stereocenters. The predicted octanol–water partition coefficient (Wildman–Crippen LogP) is 4.38. The van der Waals surface area contributed by atoms with Gasteiger partial charge in [0.1, 0.15) is 0 Å². The van der Waals surface area contributed by atoms with Crippen molar-refractivity contribution < 1.29 is 14.3 Å². The molecule has 0 N–H and O–H groups in total. The third kappa shape index (κ3) is 16.1. The van der Waals surface area contributed by atoms with Crippen molar-refractivity contribution in [2.45, 2.75) is 64.7 Å². The lowest BCUT2D eigenvalue weighted by molar-refractivity contribution is -0.140. The second-order valence-corrected chi connectivity index (χ2v) is 5.23. The SMILES string of the molecule is CCCCCC#CCC#CC/C=C\C=C\C(=O)CCCC(=O)OC. The fourth-order valence-electron chi connectivity index (χ4n) is 1.75. The standard InChI is InChI=1S/C21H28O3/c1-3-4-5-6-7-8-9-10-11-12-13-14-15-17-20(22)18-16-19-21(23)24-2/h13-15,17H,3-6,9,12,16,18-19H2,1-2H3/b14-13-,17-15+. The highest BCUT2D eigenvalue weighted by Crippen LogP contribution is 1.99. The molecule has 0 saturated heterocycles. The lowest BCUT2D eigenvalue weighted by Crippen LogP contribution is -2.01. The van der Waals surface area contributed by atoms with Gasteiger partial charge in [0.25, 0.3) is 0 Å². The molecule has 0 aromatic heterocycles. The van der Waals surface area contributed by atoms with E-state index in [9.17, 15) is 9.59 Å². The van der Waals surface area contributed by atoms with Gasteiger partial charge in [0, 0.05) is 25.7 Å². The van der Waals surface area contributed by atoms with Crippen LogP contribution in [0.3, 0.4) is 0 Å². The summed E-state index contributed by atoms with van der Waals surface area (Å²) in [6, 6.07) is 0. The highest BCUT2D eigenvalue weighted by Gasteiger charge is 2.01. The topological polar surface area (TPSA) is 43.4 Å². The van der Waals surface area contributed by atoms with Crippen LogP contribution >= 0.6 is 0 Å². The molecule has 0 aliphatic heterocycles. The van der Waals surface area contributed by atoms with Crippen LogP contribution in [-0.4, -0.2) is 18.9 Å². The maximum Gasteiger partial charge on any atom is 0.305 e. The third-order valence-electron chi connectivity index (χ3n) is 3.11. The third-order valence-corrected chi connectivity index (χ3v) is 3.11. The Morgan fingerprint density at radius 1 is 0.958 bits per heavy atom. The van der Waals surface area contributed by atoms with Crippen molar-refractivity contribution in [3.8, 4) is 23.7 Å². The fourth-order valence-corrected chi connectivity index (χ4v) is 1.75. The molecule has 0 amide bonds. The molecule has 130 valence electrons. The zero-order chi connectivity index (χ0) is 17.9. The number of hydrogen-bond donors (Lipinski definition) is 0. The van der Waals surface area contributed by atoms with E-state index >= 15 is 0 Å². The van der Waals surface area contributed by atoms with E-state index in [0.29, 0.717) is 25.7 Å². The van der Waals surface area contributed by atoms with E-state index in [-0.39, 0.29) is 18.2 Å². The molecular weight excluding hydrogens is 300 g/mol. The van der Waals surface area contributed by atoms with Gasteiger partial charge in [0.05, 0.1) is 13.5 Å². The summed E-state index contributed by atoms with van der Waals surface area (Å²) in [5.41, 5.74) is 0. The van der Waals surface area contributed by atoms with Crippen molar-refractivity contribution in [2.75, 3.05) is 7.11 Å². The predicted molar refractivity (Wildman–Crippen MR) is 98.1 cm³/mol. The number of rotatable bonds is 10.